The molecule has 0 bridgehead atoms. The van der Waals surface area contributed by atoms with Crippen LogP contribution in [-0.4, -0.2) is 36.9 Å². The second kappa shape index (κ2) is 12.1. The Morgan fingerprint density at radius 3 is 1.97 bits per heavy atom. The van der Waals surface area contributed by atoms with Gasteiger partial charge in [0.25, 0.3) is 0 Å². The third-order valence-corrected chi connectivity index (χ3v) is 14.6. The van der Waals surface area contributed by atoms with Gasteiger partial charge in [0.2, 0.25) is 8.32 Å². The number of hydrogen-bond donors (Lipinski definition) is 0. The van der Waals surface area contributed by atoms with Crippen molar-refractivity contribution in [1.82, 2.24) is 0 Å². The maximum Gasteiger partial charge on any atom is 0.518 e. The van der Waals surface area contributed by atoms with Crippen molar-refractivity contribution in [3.05, 3.63) is 66.4 Å². The zero-order valence-electron chi connectivity index (χ0n) is 22.7. The quantitative estimate of drug-likeness (QED) is 0.225. The van der Waals surface area contributed by atoms with Crippen molar-refractivity contribution < 1.29 is 17.1 Å². The first-order valence-electron chi connectivity index (χ1n) is 11.9. The summed E-state index contributed by atoms with van der Waals surface area (Å²) < 4.78 is 27.4. The third-order valence-electron chi connectivity index (χ3n) is 4.41. The van der Waals surface area contributed by atoms with Gasteiger partial charge in [-0.3, -0.25) is 0 Å². The largest absolute Gasteiger partial charge is 0.518 e. The summed E-state index contributed by atoms with van der Waals surface area (Å²) in [5.74, 6) is 0. The van der Waals surface area contributed by atoms with E-state index in [0.717, 1.165) is 11.6 Å². The van der Waals surface area contributed by atoms with Gasteiger partial charge in [-0.1, -0.05) is 73.3 Å². The Hall–Kier alpha value is -1.07. The van der Waals surface area contributed by atoms with Crippen molar-refractivity contribution in [1.29, 1.82) is 0 Å². The number of benzene rings is 1. The highest BCUT2D eigenvalue weighted by atomic mass is 28.5. The van der Waals surface area contributed by atoms with Gasteiger partial charge in [0.05, 0.1) is 11.2 Å². The summed E-state index contributed by atoms with van der Waals surface area (Å²) >= 11 is 0. The summed E-state index contributed by atoms with van der Waals surface area (Å²) in [6, 6.07) is 10.2. The molecule has 0 aliphatic carbocycles. The third kappa shape index (κ3) is 11.3. The summed E-state index contributed by atoms with van der Waals surface area (Å²) in [6.07, 6.45) is 11.2. The molecule has 0 heterocycles. The topological polar surface area (TPSA) is 36.9 Å². The fourth-order valence-corrected chi connectivity index (χ4v) is 14.8. The van der Waals surface area contributed by atoms with E-state index in [4.69, 9.17) is 17.1 Å². The number of rotatable bonds is 12. The van der Waals surface area contributed by atoms with Crippen molar-refractivity contribution in [2.24, 2.45) is 0 Å². The molecule has 186 valence electrons. The van der Waals surface area contributed by atoms with Crippen LogP contribution in [0.4, 0.5) is 0 Å². The smallest absolute Gasteiger partial charge is 0.409 e. The molecule has 0 N–H and O–H groups in total. The first kappa shape index (κ1) is 30.0. The molecule has 0 aromatic heterocycles. The first-order chi connectivity index (χ1) is 15.1. The lowest BCUT2D eigenvalue weighted by Gasteiger charge is -2.44. The van der Waals surface area contributed by atoms with Crippen molar-refractivity contribution in [3.63, 3.8) is 0 Å². The van der Waals surface area contributed by atoms with Crippen LogP contribution in [0.3, 0.4) is 0 Å². The Morgan fingerprint density at radius 1 is 0.848 bits per heavy atom. The molecular formula is C26H46O4Si3. The molecule has 7 heteroatoms. The standard InChI is InChI=1S/C26H46O4Si3/c1-12-14-19-22-26(6,7)28-32(10,11)30-33(27-25(3,4)5,24-20-17-16-18-21-24)29-31(8,9)23-15-13-2/h12,14-23H,13H2,1-11H3/b14-12+,22-19+,23-15+. The molecule has 0 fully saturated rings. The van der Waals surface area contributed by atoms with Crippen LogP contribution in [0.2, 0.25) is 26.2 Å². The highest BCUT2D eigenvalue weighted by molar-refractivity contribution is 6.92. The molecule has 1 aromatic rings. The summed E-state index contributed by atoms with van der Waals surface area (Å²) in [5.41, 5.74) is 1.29. The maximum atomic E-state index is 7.01. The van der Waals surface area contributed by atoms with Gasteiger partial charge in [0.1, 0.15) is 0 Å². The molecule has 1 unspecified atom stereocenters. The Balaban J connectivity index is 3.53. The summed E-state index contributed by atoms with van der Waals surface area (Å²) in [6.45, 7) is 23.0. The zero-order valence-corrected chi connectivity index (χ0v) is 25.7. The molecule has 1 atom stereocenters. The van der Waals surface area contributed by atoms with Crippen LogP contribution in [0, 0.1) is 0 Å². The van der Waals surface area contributed by atoms with Crippen molar-refractivity contribution in [2.45, 2.75) is 92.3 Å². The normalized spacial score (nSPS) is 16.2. The lowest BCUT2D eigenvalue weighted by molar-refractivity contribution is 0.0408. The SMILES string of the molecule is C/C=C/C=C/C(C)(C)O[Si](C)(C)O[Si](OC(C)(C)C)(O[Si](C)(C)/C=C/CC)c1ccccc1. The fourth-order valence-electron chi connectivity index (χ4n) is 3.48. The maximum absolute atomic E-state index is 7.01. The minimum Gasteiger partial charge on any atom is -0.409 e. The van der Waals surface area contributed by atoms with Gasteiger partial charge >= 0.3 is 17.4 Å². The molecule has 1 rings (SSSR count). The summed E-state index contributed by atoms with van der Waals surface area (Å²) in [4.78, 5) is 0. The second-order valence-electron chi connectivity index (χ2n) is 10.7. The average molecular weight is 507 g/mol. The molecular weight excluding hydrogens is 461 g/mol. The van der Waals surface area contributed by atoms with Gasteiger partial charge in [0.15, 0.2) is 0 Å². The van der Waals surface area contributed by atoms with E-state index >= 15 is 0 Å². The number of allylic oxidation sites excluding steroid dienone is 4. The molecule has 0 aliphatic heterocycles. The Morgan fingerprint density at radius 2 is 1.45 bits per heavy atom. The van der Waals surface area contributed by atoms with Crippen LogP contribution in [-0.2, 0) is 17.1 Å². The minimum atomic E-state index is -3.36. The highest BCUT2D eigenvalue weighted by Crippen LogP contribution is 2.30. The van der Waals surface area contributed by atoms with Gasteiger partial charge in [-0.05, 0) is 74.2 Å². The molecule has 0 saturated heterocycles. The molecule has 0 amide bonds. The van der Waals surface area contributed by atoms with Crippen LogP contribution >= 0.6 is 0 Å². The van der Waals surface area contributed by atoms with Crippen LogP contribution < -0.4 is 5.19 Å². The summed E-state index contributed by atoms with van der Waals surface area (Å²) in [7, 11) is -8.32. The van der Waals surface area contributed by atoms with E-state index in [1.807, 2.05) is 43.4 Å². The van der Waals surface area contributed by atoms with Crippen molar-refractivity contribution >= 4 is 30.9 Å². The second-order valence-corrected chi connectivity index (χ2v) is 20.8. The van der Waals surface area contributed by atoms with Crippen molar-refractivity contribution in [2.75, 3.05) is 0 Å². The van der Waals surface area contributed by atoms with Crippen LogP contribution in [0.5, 0.6) is 0 Å². The monoisotopic (exact) mass is 506 g/mol. The molecule has 4 nitrogen and oxygen atoms in total. The van der Waals surface area contributed by atoms with Gasteiger partial charge < -0.3 is 17.1 Å². The van der Waals surface area contributed by atoms with E-state index in [1.54, 1.807) is 0 Å². The molecule has 33 heavy (non-hydrogen) atoms. The zero-order chi connectivity index (χ0) is 25.4. The van der Waals surface area contributed by atoms with Crippen LogP contribution in [0.25, 0.3) is 0 Å². The van der Waals surface area contributed by atoms with Gasteiger partial charge in [-0.15, -0.1) is 0 Å². The Bertz CT molecular complexity index is 809. The lowest BCUT2D eigenvalue weighted by Crippen LogP contribution is -2.68. The number of hydrogen-bond acceptors (Lipinski definition) is 4. The van der Waals surface area contributed by atoms with Crippen LogP contribution in [0.15, 0.2) is 66.4 Å². The first-order valence-corrected chi connectivity index (χ1v) is 19.4. The molecule has 1 aromatic carbocycles. The Kier molecular flexibility index (Phi) is 11.0. The van der Waals surface area contributed by atoms with E-state index in [2.05, 4.69) is 97.7 Å². The van der Waals surface area contributed by atoms with Gasteiger partial charge in [-0.25, -0.2) is 0 Å². The molecule has 0 aliphatic rings. The van der Waals surface area contributed by atoms with E-state index in [9.17, 15) is 0 Å². The molecule has 0 saturated carbocycles. The van der Waals surface area contributed by atoms with Gasteiger partial charge in [0, 0.05) is 5.19 Å². The van der Waals surface area contributed by atoms with Gasteiger partial charge in [-0.2, -0.15) is 0 Å². The van der Waals surface area contributed by atoms with Crippen LogP contribution in [0.1, 0.15) is 54.9 Å². The highest BCUT2D eigenvalue weighted by Gasteiger charge is 2.54. The predicted molar refractivity (Wildman–Crippen MR) is 148 cm³/mol. The summed E-state index contributed by atoms with van der Waals surface area (Å²) in [5, 5.41) is 0.969. The van der Waals surface area contributed by atoms with E-state index in [0.29, 0.717) is 0 Å². The van der Waals surface area contributed by atoms with E-state index in [1.165, 1.54) is 0 Å². The average Bonchev–Trinajstić information content (AvgIpc) is 2.64. The predicted octanol–water partition coefficient (Wildman–Crippen LogP) is 7.02. The minimum absolute atomic E-state index is 0.452. The van der Waals surface area contributed by atoms with E-state index < -0.39 is 36.9 Å². The van der Waals surface area contributed by atoms with Crippen molar-refractivity contribution in [3.8, 4) is 0 Å². The van der Waals surface area contributed by atoms with E-state index in [-0.39, 0.29) is 0 Å². The Labute approximate surface area is 206 Å². The molecule has 0 spiro atoms. The lowest BCUT2D eigenvalue weighted by atomic mass is 10.1. The fraction of sp³-hybridized carbons (Fsp3) is 0.538. The molecule has 0 radical (unpaired) electrons.